The fourth-order valence-corrected chi connectivity index (χ4v) is 2.70. The summed E-state index contributed by atoms with van der Waals surface area (Å²) in [4.78, 5) is 16.4. The number of halogens is 2. The molecule has 0 bridgehead atoms. The van der Waals surface area contributed by atoms with Gasteiger partial charge in [0.15, 0.2) is 0 Å². The molecule has 0 spiro atoms. The van der Waals surface area contributed by atoms with Gasteiger partial charge < -0.3 is 10.6 Å². The van der Waals surface area contributed by atoms with Crippen molar-refractivity contribution in [3.8, 4) is 0 Å². The van der Waals surface area contributed by atoms with E-state index in [1.807, 2.05) is 0 Å². The molecular formula is C16H15F2N5O. The number of rotatable bonds is 3. The zero-order valence-corrected chi connectivity index (χ0v) is 12.6. The number of carbonyl (C=O) groups excluding carboxylic acids is 1. The van der Waals surface area contributed by atoms with Crippen molar-refractivity contribution >= 4 is 11.6 Å². The molecule has 1 aromatic rings. The van der Waals surface area contributed by atoms with E-state index in [0.29, 0.717) is 22.8 Å². The minimum atomic E-state index is -2.63. The third-order valence-corrected chi connectivity index (χ3v) is 4.04. The van der Waals surface area contributed by atoms with E-state index in [0.717, 1.165) is 18.4 Å². The minimum Gasteiger partial charge on any atom is -0.340 e. The summed E-state index contributed by atoms with van der Waals surface area (Å²) in [7, 11) is 0. The highest BCUT2D eigenvalue weighted by Gasteiger charge is 2.36. The SMILES string of the molecule is O=C(Nc1ccncc1)C1=C2NC(=C3CC3)C=C(C(F)F)N2NC1. The van der Waals surface area contributed by atoms with Gasteiger partial charge in [-0.1, -0.05) is 0 Å². The number of nitrogens with one attached hydrogen (secondary N) is 3. The smallest absolute Gasteiger partial charge is 0.280 e. The predicted octanol–water partition coefficient (Wildman–Crippen LogP) is 1.85. The normalized spacial score (nSPS) is 19.3. The van der Waals surface area contributed by atoms with Gasteiger partial charge in [-0.05, 0) is 36.6 Å². The fourth-order valence-electron chi connectivity index (χ4n) is 2.70. The summed E-state index contributed by atoms with van der Waals surface area (Å²) in [6.07, 6.45) is 3.75. The molecule has 1 aliphatic carbocycles. The Labute approximate surface area is 136 Å². The molecule has 8 heteroatoms. The van der Waals surface area contributed by atoms with Gasteiger partial charge >= 0.3 is 0 Å². The largest absolute Gasteiger partial charge is 0.340 e. The third kappa shape index (κ3) is 2.65. The van der Waals surface area contributed by atoms with Crippen LogP contribution >= 0.6 is 0 Å². The Morgan fingerprint density at radius 2 is 2.04 bits per heavy atom. The highest BCUT2D eigenvalue weighted by atomic mass is 19.3. The van der Waals surface area contributed by atoms with Crippen LogP contribution in [-0.2, 0) is 4.79 Å². The number of alkyl halides is 2. The van der Waals surface area contributed by atoms with Crippen LogP contribution in [-0.4, -0.2) is 28.9 Å². The summed E-state index contributed by atoms with van der Waals surface area (Å²) in [5, 5.41) is 7.14. The number of carbonyl (C=O) groups is 1. The van der Waals surface area contributed by atoms with E-state index >= 15 is 0 Å². The molecule has 0 aromatic carbocycles. The zero-order valence-electron chi connectivity index (χ0n) is 12.6. The monoisotopic (exact) mass is 331 g/mol. The van der Waals surface area contributed by atoms with Gasteiger partial charge in [-0.25, -0.2) is 14.2 Å². The van der Waals surface area contributed by atoms with Crippen molar-refractivity contribution in [1.29, 1.82) is 0 Å². The van der Waals surface area contributed by atoms with Crippen LogP contribution in [0.1, 0.15) is 12.8 Å². The van der Waals surface area contributed by atoms with Crippen LogP contribution in [0, 0.1) is 0 Å². The first-order valence-corrected chi connectivity index (χ1v) is 7.60. The Hall–Kier alpha value is -2.74. The standard InChI is InChI=1S/C16H15F2N5O/c17-14(18)13-7-12(9-1-2-9)22-15-11(8-20-23(13)15)16(24)21-10-3-5-19-6-4-10/h3-7,14,20,22H,1-2,8H2,(H,19,21,24). The number of fused-ring (bicyclic) bond motifs is 1. The van der Waals surface area contributed by atoms with E-state index in [4.69, 9.17) is 0 Å². The minimum absolute atomic E-state index is 0.148. The van der Waals surface area contributed by atoms with Crippen LogP contribution in [0.4, 0.5) is 14.5 Å². The summed E-state index contributed by atoms with van der Waals surface area (Å²) in [5.74, 6) is 0.0307. The number of hydrazine groups is 1. The molecule has 1 aromatic heterocycles. The average Bonchev–Trinajstić information content (AvgIpc) is 3.34. The van der Waals surface area contributed by atoms with E-state index < -0.39 is 6.43 Å². The zero-order chi connectivity index (χ0) is 16.7. The Morgan fingerprint density at radius 1 is 1.29 bits per heavy atom. The molecule has 0 atom stereocenters. The molecule has 0 radical (unpaired) electrons. The molecule has 1 saturated carbocycles. The number of nitrogens with zero attached hydrogens (tertiary/aromatic N) is 2. The summed E-state index contributed by atoms with van der Waals surface area (Å²) in [5.41, 5.74) is 5.45. The summed E-state index contributed by atoms with van der Waals surface area (Å²) in [6.45, 7) is 0.173. The van der Waals surface area contributed by atoms with E-state index in [1.54, 1.807) is 24.5 Å². The third-order valence-electron chi connectivity index (χ3n) is 4.04. The number of amides is 1. The lowest BCUT2D eigenvalue weighted by atomic mass is 10.2. The molecule has 124 valence electrons. The lowest BCUT2D eigenvalue weighted by molar-refractivity contribution is -0.112. The van der Waals surface area contributed by atoms with Crippen molar-refractivity contribution in [3.05, 3.63) is 59.0 Å². The molecule has 4 rings (SSSR count). The predicted molar refractivity (Wildman–Crippen MR) is 83.2 cm³/mol. The second-order valence-electron chi connectivity index (χ2n) is 5.70. The highest BCUT2D eigenvalue weighted by Crippen LogP contribution is 2.36. The van der Waals surface area contributed by atoms with E-state index in [-0.39, 0.29) is 18.1 Å². The average molecular weight is 331 g/mol. The van der Waals surface area contributed by atoms with Crippen LogP contribution in [0.5, 0.6) is 0 Å². The summed E-state index contributed by atoms with van der Waals surface area (Å²) >= 11 is 0. The van der Waals surface area contributed by atoms with Gasteiger partial charge in [-0.2, -0.15) is 0 Å². The van der Waals surface area contributed by atoms with Crippen LogP contribution < -0.4 is 16.1 Å². The van der Waals surface area contributed by atoms with Gasteiger partial charge in [0.05, 0.1) is 5.57 Å². The fraction of sp³-hybridized carbons (Fsp3) is 0.250. The molecule has 3 aliphatic rings. The second kappa shape index (κ2) is 5.72. The highest BCUT2D eigenvalue weighted by molar-refractivity contribution is 6.04. The molecule has 3 N–H and O–H groups in total. The topological polar surface area (TPSA) is 69.3 Å². The summed E-state index contributed by atoms with van der Waals surface area (Å²) < 4.78 is 26.7. The Kier molecular flexibility index (Phi) is 3.53. The Bertz CT molecular complexity index is 779. The van der Waals surface area contributed by atoms with E-state index in [9.17, 15) is 13.6 Å². The van der Waals surface area contributed by atoms with Gasteiger partial charge in [0.1, 0.15) is 11.5 Å². The number of hydrogen-bond donors (Lipinski definition) is 3. The second-order valence-corrected chi connectivity index (χ2v) is 5.70. The molecule has 3 heterocycles. The Balaban J connectivity index is 1.66. The van der Waals surface area contributed by atoms with Gasteiger partial charge in [0, 0.05) is 30.3 Å². The lowest BCUT2D eigenvalue weighted by Gasteiger charge is -2.30. The van der Waals surface area contributed by atoms with Gasteiger partial charge in [0.25, 0.3) is 12.3 Å². The number of pyridine rings is 1. The molecule has 0 saturated heterocycles. The Morgan fingerprint density at radius 3 is 2.71 bits per heavy atom. The number of hydrogen-bond acceptors (Lipinski definition) is 5. The van der Waals surface area contributed by atoms with Crippen molar-refractivity contribution in [1.82, 2.24) is 20.7 Å². The molecule has 6 nitrogen and oxygen atoms in total. The van der Waals surface area contributed by atoms with Gasteiger partial charge in [-0.15, -0.1) is 0 Å². The molecule has 1 fully saturated rings. The number of anilines is 1. The first-order valence-electron chi connectivity index (χ1n) is 7.60. The van der Waals surface area contributed by atoms with E-state index in [2.05, 4.69) is 21.0 Å². The van der Waals surface area contributed by atoms with Gasteiger partial charge in [0.2, 0.25) is 0 Å². The van der Waals surface area contributed by atoms with Crippen molar-refractivity contribution in [2.24, 2.45) is 0 Å². The molecule has 1 amide bonds. The van der Waals surface area contributed by atoms with Crippen LogP contribution in [0.15, 0.2) is 59.0 Å². The maximum absolute atomic E-state index is 13.4. The van der Waals surface area contributed by atoms with Crippen molar-refractivity contribution in [3.63, 3.8) is 0 Å². The van der Waals surface area contributed by atoms with Crippen LogP contribution in [0.25, 0.3) is 0 Å². The van der Waals surface area contributed by atoms with Crippen molar-refractivity contribution in [2.45, 2.75) is 19.3 Å². The van der Waals surface area contributed by atoms with Crippen LogP contribution in [0.3, 0.4) is 0 Å². The molecular weight excluding hydrogens is 316 g/mol. The maximum atomic E-state index is 13.4. The molecule has 2 aliphatic heterocycles. The molecule has 0 unspecified atom stereocenters. The quantitative estimate of drug-likeness (QED) is 0.789. The maximum Gasteiger partial charge on any atom is 0.280 e. The van der Waals surface area contributed by atoms with E-state index in [1.165, 1.54) is 11.1 Å². The number of aromatic nitrogens is 1. The molecule has 24 heavy (non-hydrogen) atoms. The van der Waals surface area contributed by atoms with Crippen molar-refractivity contribution in [2.75, 3.05) is 11.9 Å². The van der Waals surface area contributed by atoms with Crippen molar-refractivity contribution < 1.29 is 13.6 Å². The number of allylic oxidation sites excluding steroid dienone is 3. The first-order chi connectivity index (χ1) is 11.6. The van der Waals surface area contributed by atoms with Gasteiger partial charge in [-0.3, -0.25) is 14.8 Å². The first kappa shape index (κ1) is 14.8. The lowest BCUT2D eigenvalue weighted by Crippen LogP contribution is -2.41. The summed E-state index contributed by atoms with van der Waals surface area (Å²) in [6, 6.07) is 3.33. The van der Waals surface area contributed by atoms with Crippen LogP contribution in [0.2, 0.25) is 0 Å².